The molecule has 0 radical (unpaired) electrons. The molecule has 166 valence electrons. The predicted octanol–water partition coefficient (Wildman–Crippen LogP) is 4.54. The Balaban J connectivity index is 1.41. The van der Waals surface area contributed by atoms with Crippen molar-refractivity contribution in [3.05, 3.63) is 76.6 Å². The Bertz CT molecular complexity index is 1390. The van der Waals surface area contributed by atoms with E-state index < -0.39 is 11.5 Å². The maximum atomic E-state index is 13.0. The number of rotatable bonds is 7. The first-order valence-electron chi connectivity index (χ1n) is 10.4. The topological polar surface area (TPSA) is 101 Å². The van der Waals surface area contributed by atoms with Crippen molar-refractivity contribution in [2.24, 2.45) is 0 Å². The lowest BCUT2D eigenvalue weighted by molar-refractivity contribution is -0.118. The minimum atomic E-state index is -0.705. The van der Waals surface area contributed by atoms with Crippen LogP contribution in [0.1, 0.15) is 23.2 Å². The molecule has 2 heterocycles. The van der Waals surface area contributed by atoms with E-state index in [0.717, 1.165) is 18.4 Å². The lowest BCUT2D eigenvalue weighted by Gasteiger charge is -2.05. The summed E-state index contributed by atoms with van der Waals surface area (Å²) in [5.74, 6) is -0.350. The molecule has 0 spiro atoms. The third-order valence-corrected chi connectivity index (χ3v) is 7.15. The molecule has 4 aromatic rings. The highest BCUT2D eigenvalue weighted by Gasteiger charge is 2.24. The highest BCUT2D eigenvalue weighted by molar-refractivity contribution is 8.01. The Morgan fingerprint density at radius 3 is 2.64 bits per heavy atom. The van der Waals surface area contributed by atoms with E-state index in [4.69, 9.17) is 4.42 Å². The molecular formula is C24H19N3O4S2. The number of benzene rings is 2. The Hall–Kier alpha value is -3.43. The molecule has 0 atom stereocenters. The summed E-state index contributed by atoms with van der Waals surface area (Å²) >= 11 is 2.59. The molecule has 2 aromatic carbocycles. The average Bonchev–Trinajstić information content (AvgIpc) is 3.55. The average molecular weight is 478 g/mol. The fraction of sp³-hybridized carbons (Fsp3) is 0.167. The summed E-state index contributed by atoms with van der Waals surface area (Å²) in [4.78, 5) is 42.1. The number of carbonyl (C=O) groups is 2. The van der Waals surface area contributed by atoms with Crippen molar-refractivity contribution in [1.82, 2.24) is 10.3 Å². The molecule has 2 aromatic heterocycles. The minimum absolute atomic E-state index is 0.0293. The van der Waals surface area contributed by atoms with E-state index >= 15 is 0 Å². The summed E-state index contributed by atoms with van der Waals surface area (Å²) in [6.07, 6.45) is 2.06. The van der Waals surface area contributed by atoms with E-state index in [2.05, 4.69) is 15.6 Å². The van der Waals surface area contributed by atoms with Gasteiger partial charge in [-0.2, -0.15) is 0 Å². The zero-order valence-corrected chi connectivity index (χ0v) is 19.0. The second-order valence-electron chi connectivity index (χ2n) is 7.59. The Kier molecular flexibility index (Phi) is 5.97. The smallest absolute Gasteiger partial charge is 0.349 e. The van der Waals surface area contributed by atoms with Crippen molar-refractivity contribution in [3.63, 3.8) is 0 Å². The number of thioether (sulfide) groups is 1. The van der Waals surface area contributed by atoms with Gasteiger partial charge in [0.15, 0.2) is 4.34 Å². The Morgan fingerprint density at radius 2 is 1.85 bits per heavy atom. The summed E-state index contributed by atoms with van der Waals surface area (Å²) in [5.41, 5.74) is 1.04. The molecule has 33 heavy (non-hydrogen) atoms. The lowest BCUT2D eigenvalue weighted by atomic mass is 10.1. The molecule has 7 nitrogen and oxygen atoms in total. The molecule has 1 saturated carbocycles. The van der Waals surface area contributed by atoms with E-state index in [-0.39, 0.29) is 17.2 Å². The molecule has 2 amide bonds. The van der Waals surface area contributed by atoms with Gasteiger partial charge >= 0.3 is 5.63 Å². The van der Waals surface area contributed by atoms with Crippen LogP contribution in [0, 0.1) is 0 Å². The van der Waals surface area contributed by atoms with E-state index in [1.165, 1.54) is 29.2 Å². The number of thiazole rings is 1. The second kappa shape index (κ2) is 9.21. The van der Waals surface area contributed by atoms with E-state index in [9.17, 15) is 14.4 Å². The van der Waals surface area contributed by atoms with Crippen molar-refractivity contribution in [3.8, 4) is 11.3 Å². The number of hydrogen-bond acceptors (Lipinski definition) is 7. The minimum Gasteiger partial charge on any atom is -0.422 e. The monoisotopic (exact) mass is 477 g/mol. The molecule has 1 aliphatic carbocycles. The summed E-state index contributed by atoms with van der Waals surface area (Å²) in [6.45, 7) is 0. The zero-order valence-electron chi connectivity index (χ0n) is 17.4. The van der Waals surface area contributed by atoms with Crippen LogP contribution in [0.3, 0.4) is 0 Å². The van der Waals surface area contributed by atoms with E-state index in [0.29, 0.717) is 32.0 Å². The van der Waals surface area contributed by atoms with Gasteiger partial charge < -0.3 is 15.1 Å². The van der Waals surface area contributed by atoms with Crippen LogP contribution >= 0.6 is 23.1 Å². The highest BCUT2D eigenvalue weighted by Crippen LogP contribution is 2.38. The predicted molar refractivity (Wildman–Crippen MR) is 130 cm³/mol. The first-order chi connectivity index (χ1) is 16.1. The molecule has 0 saturated heterocycles. The number of amides is 2. The first-order valence-corrected chi connectivity index (χ1v) is 12.2. The summed E-state index contributed by atoms with van der Waals surface area (Å²) in [5, 5.41) is 6.94. The van der Waals surface area contributed by atoms with Crippen molar-refractivity contribution in [2.45, 2.75) is 23.2 Å². The molecule has 9 heteroatoms. The number of nitrogens with zero attached hydrogens (tertiary/aromatic N) is 1. The summed E-state index contributed by atoms with van der Waals surface area (Å²) < 4.78 is 5.95. The maximum Gasteiger partial charge on any atom is 0.349 e. The van der Waals surface area contributed by atoms with Crippen molar-refractivity contribution in [2.75, 3.05) is 11.1 Å². The third kappa shape index (κ3) is 4.99. The molecule has 0 aliphatic heterocycles. The summed E-state index contributed by atoms with van der Waals surface area (Å²) in [6, 6.07) is 18.3. The molecular weight excluding hydrogens is 458 g/mol. The SMILES string of the molecule is O=C(CSc1nc(-c2ccccc2)c(NC(=O)c2cc3ccccc3oc2=O)s1)NC1CC1. The molecule has 0 unspecified atom stereocenters. The lowest BCUT2D eigenvalue weighted by Crippen LogP contribution is -2.26. The number of aromatic nitrogens is 1. The fourth-order valence-electron chi connectivity index (χ4n) is 3.25. The normalized spacial score (nSPS) is 13.1. The maximum absolute atomic E-state index is 13.0. The van der Waals surface area contributed by atoms with Crippen LogP contribution in [0.5, 0.6) is 0 Å². The van der Waals surface area contributed by atoms with Gasteiger partial charge in [0.05, 0.1) is 5.75 Å². The van der Waals surface area contributed by atoms with Gasteiger partial charge in [-0.25, -0.2) is 9.78 Å². The highest BCUT2D eigenvalue weighted by atomic mass is 32.2. The molecule has 0 bridgehead atoms. The van der Waals surface area contributed by atoms with Gasteiger partial charge in [0.2, 0.25) is 5.91 Å². The number of fused-ring (bicyclic) bond motifs is 1. The van der Waals surface area contributed by atoms with Crippen LogP contribution in [-0.4, -0.2) is 28.6 Å². The van der Waals surface area contributed by atoms with Gasteiger partial charge in [0.25, 0.3) is 5.91 Å². The summed E-state index contributed by atoms with van der Waals surface area (Å²) in [7, 11) is 0. The number of nitrogens with one attached hydrogen (secondary N) is 2. The van der Waals surface area contributed by atoms with Crippen molar-refractivity contribution in [1.29, 1.82) is 0 Å². The standard InChI is InChI=1S/C24H19N3O4S2/c28-19(25-16-10-11-16)13-32-24-26-20(14-6-2-1-3-7-14)22(33-24)27-21(29)17-12-15-8-4-5-9-18(15)31-23(17)30/h1-9,12,16H,10-11,13H2,(H,25,28)(H,27,29). The van der Waals surface area contributed by atoms with Crippen LogP contribution in [-0.2, 0) is 4.79 Å². The van der Waals surface area contributed by atoms with E-state index in [1.54, 1.807) is 18.2 Å². The molecule has 1 aliphatic rings. The van der Waals surface area contributed by atoms with E-state index in [1.807, 2.05) is 36.4 Å². The van der Waals surface area contributed by atoms with Gasteiger partial charge in [-0.15, -0.1) is 0 Å². The van der Waals surface area contributed by atoms with Gasteiger partial charge in [-0.05, 0) is 25.0 Å². The number of anilines is 1. The van der Waals surface area contributed by atoms with Crippen LogP contribution < -0.4 is 16.3 Å². The number of para-hydroxylation sites is 1. The van der Waals surface area contributed by atoms with Crippen LogP contribution in [0.4, 0.5) is 5.00 Å². The molecule has 2 N–H and O–H groups in total. The van der Waals surface area contributed by atoms with Gasteiger partial charge in [-0.3, -0.25) is 9.59 Å². The van der Waals surface area contributed by atoms with Gasteiger partial charge in [0.1, 0.15) is 21.8 Å². The van der Waals surface area contributed by atoms with Crippen molar-refractivity contribution < 1.29 is 14.0 Å². The van der Waals surface area contributed by atoms with Crippen LogP contribution in [0.2, 0.25) is 0 Å². The van der Waals surface area contributed by atoms with Crippen LogP contribution in [0.15, 0.2) is 74.2 Å². The van der Waals surface area contributed by atoms with Gasteiger partial charge in [0, 0.05) is 17.0 Å². The fourth-order valence-corrected chi connectivity index (χ4v) is 5.13. The molecule has 5 rings (SSSR count). The largest absolute Gasteiger partial charge is 0.422 e. The second-order valence-corrected chi connectivity index (χ2v) is 9.82. The Morgan fingerprint density at radius 1 is 1.09 bits per heavy atom. The quantitative estimate of drug-likeness (QED) is 0.299. The third-order valence-electron chi connectivity index (χ3n) is 5.04. The van der Waals surface area contributed by atoms with Gasteiger partial charge in [-0.1, -0.05) is 71.6 Å². The van der Waals surface area contributed by atoms with Crippen molar-refractivity contribution >= 4 is 50.9 Å². The Labute approximate surface area is 197 Å². The number of hydrogen-bond donors (Lipinski definition) is 2. The number of carbonyl (C=O) groups excluding carboxylic acids is 2. The van der Waals surface area contributed by atoms with Crippen LogP contribution in [0.25, 0.3) is 22.2 Å². The molecule has 1 fully saturated rings. The first kappa shape index (κ1) is 21.4. The zero-order chi connectivity index (χ0) is 22.8.